The number of hydrogen-bond acceptors (Lipinski definition) is 4. The Balaban J connectivity index is 1.78. The molecule has 1 aliphatic rings. The van der Waals surface area contributed by atoms with Gasteiger partial charge in [0.15, 0.2) is 5.78 Å². The SMILES string of the molecule is CC1(C)[C@H](C=C(Cl)Cl)[C@@H]1C(=O)O[C@@H](C#N)c1cccc(C(=O)c2ccccc2)c1. The van der Waals surface area contributed by atoms with Gasteiger partial charge >= 0.3 is 5.97 Å². The highest BCUT2D eigenvalue weighted by Gasteiger charge is 2.62. The zero-order valence-electron chi connectivity index (χ0n) is 15.9. The van der Waals surface area contributed by atoms with E-state index in [1.807, 2.05) is 26.0 Å². The molecule has 1 saturated carbocycles. The van der Waals surface area contributed by atoms with Gasteiger partial charge in [0.05, 0.1) is 5.92 Å². The molecule has 0 unspecified atom stereocenters. The van der Waals surface area contributed by atoms with Crippen molar-refractivity contribution in [1.82, 2.24) is 0 Å². The van der Waals surface area contributed by atoms with Gasteiger partial charge in [0.1, 0.15) is 10.6 Å². The van der Waals surface area contributed by atoms with Crippen LogP contribution in [-0.4, -0.2) is 11.8 Å². The molecule has 3 atom stereocenters. The van der Waals surface area contributed by atoms with E-state index >= 15 is 0 Å². The lowest BCUT2D eigenvalue weighted by molar-refractivity contribution is -0.149. The van der Waals surface area contributed by atoms with Crippen LogP contribution in [0, 0.1) is 28.6 Å². The van der Waals surface area contributed by atoms with Crippen molar-refractivity contribution in [3.63, 3.8) is 0 Å². The minimum Gasteiger partial charge on any atom is -0.442 e. The molecule has 0 amide bonds. The summed E-state index contributed by atoms with van der Waals surface area (Å²) in [4.78, 5) is 25.3. The monoisotopic (exact) mass is 427 g/mol. The molecule has 0 N–H and O–H groups in total. The fraction of sp³-hybridized carbons (Fsp3) is 0.261. The second-order valence-electron chi connectivity index (χ2n) is 7.55. The average molecular weight is 428 g/mol. The van der Waals surface area contributed by atoms with Crippen LogP contribution in [0.2, 0.25) is 0 Å². The van der Waals surface area contributed by atoms with Gasteiger partial charge < -0.3 is 4.74 Å². The van der Waals surface area contributed by atoms with E-state index in [1.165, 1.54) is 0 Å². The summed E-state index contributed by atoms with van der Waals surface area (Å²) in [5.74, 6) is -1.23. The molecule has 6 heteroatoms. The van der Waals surface area contributed by atoms with E-state index in [-0.39, 0.29) is 21.6 Å². The fourth-order valence-corrected chi connectivity index (χ4v) is 3.80. The van der Waals surface area contributed by atoms with E-state index in [4.69, 9.17) is 27.9 Å². The first-order chi connectivity index (χ1) is 13.8. The Labute approximate surface area is 179 Å². The Morgan fingerprint density at radius 2 is 1.76 bits per heavy atom. The Bertz CT molecular complexity index is 1000. The molecule has 0 bridgehead atoms. The summed E-state index contributed by atoms with van der Waals surface area (Å²) in [6.45, 7) is 3.83. The van der Waals surface area contributed by atoms with E-state index in [0.717, 1.165) is 0 Å². The Hall–Kier alpha value is -2.61. The van der Waals surface area contributed by atoms with Gasteiger partial charge in [-0.1, -0.05) is 85.6 Å². The molecule has 3 rings (SSSR count). The summed E-state index contributed by atoms with van der Waals surface area (Å²) in [7, 11) is 0. The van der Waals surface area contributed by atoms with Crippen LogP contribution in [0.25, 0.3) is 0 Å². The number of nitrogens with zero attached hydrogens (tertiary/aromatic N) is 1. The molecule has 4 nitrogen and oxygen atoms in total. The molecule has 1 fully saturated rings. The summed E-state index contributed by atoms with van der Waals surface area (Å²) in [5.41, 5.74) is 1.06. The van der Waals surface area contributed by atoms with Crippen LogP contribution in [0.5, 0.6) is 0 Å². The van der Waals surface area contributed by atoms with Crippen molar-refractivity contribution in [3.05, 3.63) is 81.9 Å². The van der Waals surface area contributed by atoms with Gasteiger partial charge in [0.25, 0.3) is 0 Å². The smallest absolute Gasteiger partial charge is 0.311 e. The minimum atomic E-state index is -1.11. The van der Waals surface area contributed by atoms with Crippen LogP contribution >= 0.6 is 23.2 Å². The van der Waals surface area contributed by atoms with Crippen LogP contribution in [-0.2, 0) is 9.53 Å². The van der Waals surface area contributed by atoms with Crippen LogP contribution in [0.3, 0.4) is 0 Å². The molecule has 0 aliphatic heterocycles. The molecular weight excluding hydrogens is 409 g/mol. The fourth-order valence-electron chi connectivity index (χ4n) is 3.53. The lowest BCUT2D eigenvalue weighted by Gasteiger charge is -2.13. The highest BCUT2D eigenvalue weighted by molar-refractivity contribution is 6.55. The maximum atomic E-state index is 12.7. The highest BCUT2D eigenvalue weighted by Crippen LogP contribution is 2.60. The number of ketones is 1. The third kappa shape index (κ3) is 4.53. The zero-order valence-corrected chi connectivity index (χ0v) is 17.4. The van der Waals surface area contributed by atoms with Gasteiger partial charge in [0.2, 0.25) is 6.10 Å². The largest absolute Gasteiger partial charge is 0.442 e. The third-order valence-electron chi connectivity index (χ3n) is 5.31. The quantitative estimate of drug-likeness (QED) is 0.443. The Kier molecular flexibility index (Phi) is 6.12. The van der Waals surface area contributed by atoms with Crippen molar-refractivity contribution in [2.24, 2.45) is 17.3 Å². The molecule has 148 valence electrons. The van der Waals surface area contributed by atoms with Crippen LogP contribution < -0.4 is 0 Å². The van der Waals surface area contributed by atoms with Crippen molar-refractivity contribution in [2.75, 3.05) is 0 Å². The second kappa shape index (κ2) is 8.41. The van der Waals surface area contributed by atoms with E-state index in [2.05, 4.69) is 0 Å². The van der Waals surface area contributed by atoms with Crippen molar-refractivity contribution in [2.45, 2.75) is 20.0 Å². The van der Waals surface area contributed by atoms with Crippen molar-refractivity contribution < 1.29 is 14.3 Å². The maximum absolute atomic E-state index is 12.7. The van der Waals surface area contributed by atoms with Gasteiger partial charge in [-0.05, 0) is 23.5 Å². The molecule has 2 aromatic carbocycles. The highest BCUT2D eigenvalue weighted by atomic mass is 35.5. The molecule has 0 spiro atoms. The molecule has 0 saturated heterocycles. The van der Waals surface area contributed by atoms with Crippen LogP contribution in [0.4, 0.5) is 0 Å². The first-order valence-corrected chi connectivity index (χ1v) is 9.84. The number of carbonyl (C=O) groups excluding carboxylic acids is 2. The van der Waals surface area contributed by atoms with Crippen molar-refractivity contribution in [3.8, 4) is 6.07 Å². The number of ether oxygens (including phenoxy) is 1. The van der Waals surface area contributed by atoms with Gasteiger partial charge in [-0.15, -0.1) is 0 Å². The van der Waals surface area contributed by atoms with E-state index < -0.39 is 18.0 Å². The predicted molar refractivity (Wildman–Crippen MR) is 111 cm³/mol. The second-order valence-corrected chi connectivity index (χ2v) is 8.56. The minimum absolute atomic E-state index is 0.0994. The molecule has 2 aromatic rings. The van der Waals surface area contributed by atoms with E-state index in [1.54, 1.807) is 54.6 Å². The molecule has 29 heavy (non-hydrogen) atoms. The number of rotatable bonds is 6. The van der Waals surface area contributed by atoms with E-state index in [0.29, 0.717) is 16.7 Å². The Morgan fingerprint density at radius 3 is 2.38 bits per heavy atom. The van der Waals surface area contributed by atoms with Gasteiger partial charge in [-0.25, -0.2) is 0 Å². The van der Waals surface area contributed by atoms with Gasteiger partial charge in [0, 0.05) is 16.7 Å². The van der Waals surface area contributed by atoms with Gasteiger partial charge in [-0.2, -0.15) is 5.26 Å². The van der Waals surface area contributed by atoms with E-state index in [9.17, 15) is 14.9 Å². The summed E-state index contributed by atoms with van der Waals surface area (Å²) in [6, 6.07) is 17.4. The number of allylic oxidation sites excluding steroid dienone is 1. The summed E-state index contributed by atoms with van der Waals surface area (Å²) >= 11 is 11.5. The number of benzene rings is 2. The lowest BCUT2D eigenvalue weighted by Crippen LogP contribution is -2.15. The zero-order chi connectivity index (χ0) is 21.2. The molecule has 0 radical (unpaired) electrons. The summed E-state index contributed by atoms with van der Waals surface area (Å²) < 4.78 is 5.57. The first-order valence-electron chi connectivity index (χ1n) is 9.08. The number of carbonyl (C=O) groups is 2. The number of nitriles is 1. The number of esters is 1. The number of hydrogen-bond donors (Lipinski definition) is 0. The molecule has 0 aromatic heterocycles. The standard InChI is InChI=1S/C23H19Cl2NO3/c1-23(2)17(12-19(24)25)20(23)22(28)29-18(13-26)15-9-6-10-16(11-15)21(27)14-7-4-3-5-8-14/h3-12,17-18,20H,1-2H3/t17-,18+,20-/m1/s1. The molecular formula is C23H19Cl2NO3. The van der Waals surface area contributed by atoms with Crippen molar-refractivity contribution >= 4 is 35.0 Å². The summed E-state index contributed by atoms with van der Waals surface area (Å²) in [5, 5.41) is 9.55. The normalized spacial score (nSPS) is 20.1. The lowest BCUT2D eigenvalue weighted by atomic mass is 9.99. The maximum Gasteiger partial charge on any atom is 0.311 e. The van der Waals surface area contributed by atoms with Crippen LogP contribution in [0.1, 0.15) is 41.4 Å². The third-order valence-corrected chi connectivity index (χ3v) is 5.56. The van der Waals surface area contributed by atoms with Crippen molar-refractivity contribution in [1.29, 1.82) is 5.26 Å². The predicted octanol–water partition coefficient (Wildman–Crippen LogP) is 5.62. The Morgan fingerprint density at radius 1 is 1.10 bits per heavy atom. The summed E-state index contributed by atoms with van der Waals surface area (Å²) in [6.07, 6.45) is 0.508. The van der Waals surface area contributed by atoms with Crippen LogP contribution in [0.15, 0.2) is 65.2 Å². The van der Waals surface area contributed by atoms with Gasteiger partial charge in [-0.3, -0.25) is 9.59 Å². The molecule has 1 aliphatic carbocycles. The first kappa shape index (κ1) is 21.1. The number of halogens is 2. The average Bonchev–Trinajstić information content (AvgIpc) is 3.25. The topological polar surface area (TPSA) is 67.2 Å². The molecule has 0 heterocycles.